The van der Waals surface area contributed by atoms with E-state index in [2.05, 4.69) is 27.2 Å². The van der Waals surface area contributed by atoms with Crippen LogP contribution in [0.15, 0.2) is 24.4 Å². The summed E-state index contributed by atoms with van der Waals surface area (Å²) in [5.74, 6) is 1.57. The summed E-state index contributed by atoms with van der Waals surface area (Å²) in [5, 5.41) is 9.52. The molecule has 1 aliphatic heterocycles. The number of morpholine rings is 1. The molecule has 2 aliphatic rings. The molecule has 3 aromatic heterocycles. The summed E-state index contributed by atoms with van der Waals surface area (Å²) in [6.07, 6.45) is 4.25. The number of ether oxygens (including phenoxy) is 1. The van der Waals surface area contributed by atoms with Crippen molar-refractivity contribution in [1.29, 1.82) is 0 Å². The first kappa shape index (κ1) is 21.6. The van der Waals surface area contributed by atoms with Gasteiger partial charge in [0.2, 0.25) is 11.9 Å². The molecule has 1 aliphatic carbocycles. The number of fused-ring (bicyclic) bond motifs is 2. The fraction of sp³-hybridized carbons (Fsp3) is 0.478. The molecule has 4 aromatic rings. The predicted molar refractivity (Wildman–Crippen MR) is 132 cm³/mol. The lowest BCUT2D eigenvalue weighted by Crippen LogP contribution is -2.44. The van der Waals surface area contributed by atoms with E-state index in [1.54, 1.807) is 18.0 Å². The lowest BCUT2D eigenvalue weighted by atomic mass is 10.2. The standard InChI is InChI=1S/C23H27FN8OS/c1-13(2)26-22-27-18-10-15(24)4-7-19(18)31(22)23-28-20(30-8-9-33-12-14(30)3)17-11-25-32(21(17)29-23)34-16-5-6-16/h4,7,10-11,13-14,16H,5-6,8-9,12H2,1-3H3,(H,26,27). The average molecular weight is 483 g/mol. The summed E-state index contributed by atoms with van der Waals surface area (Å²) >= 11 is 1.71. The Bertz CT molecular complexity index is 1360. The molecule has 11 heteroatoms. The van der Waals surface area contributed by atoms with E-state index in [4.69, 9.17) is 14.7 Å². The van der Waals surface area contributed by atoms with Crippen LogP contribution in [0.25, 0.3) is 28.0 Å². The number of anilines is 2. The first-order chi connectivity index (χ1) is 16.5. The Hall–Kier alpha value is -2.92. The topological polar surface area (TPSA) is 85.9 Å². The molecule has 1 N–H and O–H groups in total. The van der Waals surface area contributed by atoms with Crippen molar-refractivity contribution >= 4 is 45.8 Å². The van der Waals surface area contributed by atoms with Crippen LogP contribution in [0.4, 0.5) is 16.2 Å². The number of halogens is 1. The molecular formula is C23H27FN8OS. The maximum absolute atomic E-state index is 14.0. The third-order valence-corrected chi connectivity index (χ3v) is 7.25. The van der Waals surface area contributed by atoms with Gasteiger partial charge in [-0.05, 0) is 57.7 Å². The lowest BCUT2D eigenvalue weighted by molar-refractivity contribution is 0.0987. The highest BCUT2D eigenvalue weighted by atomic mass is 32.2. The van der Waals surface area contributed by atoms with Crippen LogP contribution in [0.5, 0.6) is 0 Å². The molecule has 6 rings (SSSR count). The van der Waals surface area contributed by atoms with E-state index in [9.17, 15) is 4.39 Å². The zero-order valence-corrected chi connectivity index (χ0v) is 20.2. The number of benzene rings is 1. The molecule has 0 radical (unpaired) electrons. The van der Waals surface area contributed by atoms with E-state index in [0.29, 0.717) is 35.9 Å². The molecule has 1 aromatic carbocycles. The number of aromatic nitrogens is 6. The number of nitrogens with one attached hydrogen (secondary N) is 1. The zero-order chi connectivity index (χ0) is 23.4. The minimum Gasteiger partial charge on any atom is -0.377 e. The first-order valence-electron chi connectivity index (χ1n) is 11.7. The van der Waals surface area contributed by atoms with Gasteiger partial charge in [-0.1, -0.05) is 0 Å². The van der Waals surface area contributed by atoms with Gasteiger partial charge >= 0.3 is 0 Å². The van der Waals surface area contributed by atoms with Crippen LogP contribution in [-0.4, -0.2) is 65.8 Å². The average Bonchev–Trinajstić information content (AvgIpc) is 3.43. The summed E-state index contributed by atoms with van der Waals surface area (Å²) in [7, 11) is 0. The van der Waals surface area contributed by atoms with Crippen LogP contribution < -0.4 is 10.2 Å². The molecular weight excluding hydrogens is 455 g/mol. The minimum absolute atomic E-state index is 0.124. The molecule has 34 heavy (non-hydrogen) atoms. The SMILES string of the molecule is CC(C)Nc1nc2cc(F)ccc2n1-c1nc(N2CCOCC2C)c2cnn(SC3CC3)c2n1. The van der Waals surface area contributed by atoms with Gasteiger partial charge in [0.25, 0.3) is 0 Å². The number of hydrogen-bond acceptors (Lipinski definition) is 8. The van der Waals surface area contributed by atoms with Gasteiger partial charge in [-0.25, -0.2) is 13.9 Å². The summed E-state index contributed by atoms with van der Waals surface area (Å²) < 4.78 is 23.5. The van der Waals surface area contributed by atoms with Crippen molar-refractivity contribution in [2.75, 3.05) is 30.0 Å². The van der Waals surface area contributed by atoms with Crippen LogP contribution in [0.2, 0.25) is 0 Å². The molecule has 2 fully saturated rings. The van der Waals surface area contributed by atoms with Crippen molar-refractivity contribution in [3.8, 4) is 5.95 Å². The number of imidazole rings is 1. The molecule has 9 nitrogen and oxygen atoms in total. The molecule has 0 bridgehead atoms. The highest BCUT2D eigenvalue weighted by molar-refractivity contribution is 7.98. The molecule has 178 valence electrons. The summed E-state index contributed by atoms with van der Waals surface area (Å²) in [6, 6.07) is 4.90. The molecule has 4 heterocycles. The second-order valence-corrected chi connectivity index (χ2v) is 10.5. The molecule has 1 saturated heterocycles. The van der Waals surface area contributed by atoms with Crippen LogP contribution in [-0.2, 0) is 4.74 Å². The van der Waals surface area contributed by atoms with E-state index >= 15 is 0 Å². The van der Waals surface area contributed by atoms with Gasteiger partial charge in [0.1, 0.15) is 11.6 Å². The molecule has 1 atom stereocenters. The molecule has 1 unspecified atom stereocenters. The number of hydrogen-bond donors (Lipinski definition) is 1. The second-order valence-electron chi connectivity index (χ2n) is 9.23. The Morgan fingerprint density at radius 3 is 2.82 bits per heavy atom. The second kappa shape index (κ2) is 8.38. The van der Waals surface area contributed by atoms with E-state index in [1.165, 1.54) is 25.0 Å². The fourth-order valence-electron chi connectivity index (χ4n) is 4.22. The Balaban J connectivity index is 1.59. The van der Waals surface area contributed by atoms with Crippen molar-refractivity contribution in [3.05, 3.63) is 30.2 Å². The summed E-state index contributed by atoms with van der Waals surface area (Å²) in [6.45, 7) is 8.23. The maximum atomic E-state index is 14.0. The number of rotatable bonds is 6. The highest BCUT2D eigenvalue weighted by Crippen LogP contribution is 2.38. The quantitative estimate of drug-likeness (QED) is 0.441. The monoisotopic (exact) mass is 482 g/mol. The lowest BCUT2D eigenvalue weighted by Gasteiger charge is -2.34. The predicted octanol–water partition coefficient (Wildman–Crippen LogP) is 4.01. The van der Waals surface area contributed by atoms with Crippen LogP contribution in [0, 0.1) is 5.82 Å². The van der Waals surface area contributed by atoms with Gasteiger partial charge in [0.15, 0.2) is 5.65 Å². The Morgan fingerprint density at radius 1 is 1.21 bits per heavy atom. The van der Waals surface area contributed by atoms with Gasteiger partial charge < -0.3 is 15.0 Å². The van der Waals surface area contributed by atoms with Crippen molar-refractivity contribution in [2.24, 2.45) is 0 Å². The first-order valence-corrected chi connectivity index (χ1v) is 12.5. The van der Waals surface area contributed by atoms with Gasteiger partial charge in [-0.2, -0.15) is 19.2 Å². The normalized spacial score (nSPS) is 19.0. The molecule has 0 spiro atoms. The van der Waals surface area contributed by atoms with Crippen LogP contribution in [0.3, 0.4) is 0 Å². The van der Waals surface area contributed by atoms with Crippen LogP contribution in [0.1, 0.15) is 33.6 Å². The van der Waals surface area contributed by atoms with Crippen molar-refractivity contribution in [3.63, 3.8) is 0 Å². The Morgan fingerprint density at radius 2 is 2.06 bits per heavy atom. The molecule has 0 amide bonds. The Kier molecular flexibility index (Phi) is 5.33. The summed E-state index contributed by atoms with van der Waals surface area (Å²) in [4.78, 5) is 17.0. The third kappa shape index (κ3) is 3.86. The summed E-state index contributed by atoms with van der Waals surface area (Å²) in [5.41, 5.74) is 2.06. The minimum atomic E-state index is -0.327. The number of nitrogens with zero attached hydrogens (tertiary/aromatic N) is 7. The third-order valence-electron chi connectivity index (χ3n) is 6.01. The van der Waals surface area contributed by atoms with E-state index < -0.39 is 0 Å². The highest BCUT2D eigenvalue weighted by Gasteiger charge is 2.29. The van der Waals surface area contributed by atoms with Gasteiger partial charge in [-0.15, -0.1) is 0 Å². The van der Waals surface area contributed by atoms with E-state index in [0.717, 1.165) is 28.9 Å². The van der Waals surface area contributed by atoms with Crippen molar-refractivity contribution < 1.29 is 9.13 Å². The van der Waals surface area contributed by atoms with Gasteiger partial charge in [-0.3, -0.25) is 0 Å². The largest absolute Gasteiger partial charge is 0.377 e. The van der Waals surface area contributed by atoms with Gasteiger partial charge in [0.05, 0.1) is 41.9 Å². The maximum Gasteiger partial charge on any atom is 0.241 e. The van der Waals surface area contributed by atoms with Crippen molar-refractivity contribution in [1.82, 2.24) is 28.7 Å². The van der Waals surface area contributed by atoms with Crippen molar-refractivity contribution in [2.45, 2.75) is 50.9 Å². The van der Waals surface area contributed by atoms with Crippen LogP contribution >= 0.6 is 11.9 Å². The smallest absolute Gasteiger partial charge is 0.241 e. The van der Waals surface area contributed by atoms with E-state index in [1.807, 2.05) is 28.7 Å². The fourth-order valence-corrected chi connectivity index (χ4v) is 5.19. The molecule has 1 saturated carbocycles. The van der Waals surface area contributed by atoms with Gasteiger partial charge in [0, 0.05) is 23.9 Å². The Labute approximate surface area is 200 Å². The van der Waals surface area contributed by atoms with E-state index in [-0.39, 0.29) is 17.9 Å². The zero-order valence-electron chi connectivity index (χ0n) is 19.4.